The molecular formula is C13H19N3O3. The van der Waals surface area contributed by atoms with Crippen LogP contribution in [0.2, 0.25) is 0 Å². The van der Waals surface area contributed by atoms with Crippen LogP contribution in [-0.2, 0) is 16.1 Å². The van der Waals surface area contributed by atoms with Gasteiger partial charge in [0.05, 0.1) is 19.1 Å². The molecule has 0 unspecified atom stereocenters. The lowest BCUT2D eigenvalue weighted by atomic mass is 9.97. The minimum absolute atomic E-state index is 0.00656. The highest BCUT2D eigenvalue weighted by molar-refractivity contribution is 5.72. The molecule has 0 aliphatic carbocycles. The number of ether oxygens (including phenoxy) is 1. The molecule has 0 radical (unpaired) electrons. The molecule has 2 rings (SSSR count). The van der Waals surface area contributed by atoms with Crippen LogP contribution in [0.25, 0.3) is 0 Å². The van der Waals surface area contributed by atoms with Crippen molar-refractivity contribution in [2.75, 3.05) is 24.6 Å². The Bertz CT molecular complexity index is 414. The van der Waals surface area contributed by atoms with Gasteiger partial charge in [-0.2, -0.15) is 0 Å². The summed E-state index contributed by atoms with van der Waals surface area (Å²) in [5.74, 6) is 0.547. The zero-order valence-corrected chi connectivity index (χ0v) is 11.1. The molecule has 19 heavy (non-hydrogen) atoms. The summed E-state index contributed by atoms with van der Waals surface area (Å²) in [6.07, 6.45) is 4.79. The third kappa shape index (κ3) is 3.41. The number of nitrogens with zero attached hydrogens (tertiary/aromatic N) is 3. The molecular weight excluding hydrogens is 246 g/mol. The van der Waals surface area contributed by atoms with E-state index >= 15 is 0 Å². The SMILES string of the molecule is CCOC(=O)C1CCN(c2ncc(CO)cn2)CC1. The van der Waals surface area contributed by atoms with E-state index < -0.39 is 0 Å². The number of anilines is 1. The molecule has 104 valence electrons. The summed E-state index contributed by atoms with van der Waals surface area (Å²) >= 11 is 0. The van der Waals surface area contributed by atoms with Gasteiger partial charge < -0.3 is 14.7 Å². The maximum absolute atomic E-state index is 11.6. The highest BCUT2D eigenvalue weighted by Crippen LogP contribution is 2.21. The minimum Gasteiger partial charge on any atom is -0.466 e. The van der Waals surface area contributed by atoms with Crippen LogP contribution >= 0.6 is 0 Å². The van der Waals surface area contributed by atoms with Gasteiger partial charge in [-0.3, -0.25) is 4.79 Å². The average Bonchev–Trinajstić information content (AvgIpc) is 2.48. The fraction of sp³-hybridized carbons (Fsp3) is 0.615. The van der Waals surface area contributed by atoms with Crippen molar-refractivity contribution in [3.63, 3.8) is 0 Å². The van der Waals surface area contributed by atoms with Crippen molar-refractivity contribution in [2.24, 2.45) is 5.92 Å². The second-order valence-corrected chi connectivity index (χ2v) is 4.56. The number of aliphatic hydroxyl groups is 1. The van der Waals surface area contributed by atoms with Crippen molar-refractivity contribution < 1.29 is 14.6 Å². The number of carbonyl (C=O) groups is 1. The summed E-state index contributed by atoms with van der Waals surface area (Å²) in [4.78, 5) is 22.1. The first-order valence-electron chi connectivity index (χ1n) is 6.58. The molecule has 1 N–H and O–H groups in total. The Labute approximate surface area is 112 Å². The van der Waals surface area contributed by atoms with E-state index in [1.165, 1.54) is 0 Å². The van der Waals surface area contributed by atoms with Crippen LogP contribution in [0.1, 0.15) is 25.3 Å². The van der Waals surface area contributed by atoms with E-state index in [4.69, 9.17) is 9.84 Å². The lowest BCUT2D eigenvalue weighted by molar-refractivity contribution is -0.148. The van der Waals surface area contributed by atoms with E-state index in [1.54, 1.807) is 12.4 Å². The van der Waals surface area contributed by atoms with E-state index in [0.717, 1.165) is 25.9 Å². The van der Waals surface area contributed by atoms with E-state index in [1.807, 2.05) is 6.92 Å². The van der Waals surface area contributed by atoms with Gasteiger partial charge >= 0.3 is 5.97 Å². The van der Waals surface area contributed by atoms with Crippen LogP contribution in [0.4, 0.5) is 5.95 Å². The molecule has 2 heterocycles. The largest absolute Gasteiger partial charge is 0.466 e. The maximum Gasteiger partial charge on any atom is 0.309 e. The van der Waals surface area contributed by atoms with Gasteiger partial charge in [-0.25, -0.2) is 9.97 Å². The van der Waals surface area contributed by atoms with Crippen LogP contribution in [0, 0.1) is 5.92 Å². The van der Waals surface area contributed by atoms with Crippen LogP contribution in [0.5, 0.6) is 0 Å². The normalized spacial score (nSPS) is 16.4. The number of aromatic nitrogens is 2. The maximum atomic E-state index is 11.6. The fourth-order valence-corrected chi connectivity index (χ4v) is 2.17. The molecule has 1 aromatic heterocycles. The first kappa shape index (κ1) is 13.7. The second-order valence-electron chi connectivity index (χ2n) is 4.56. The lowest BCUT2D eigenvalue weighted by Crippen LogP contribution is -2.37. The molecule has 0 atom stereocenters. The van der Waals surface area contributed by atoms with Gasteiger partial charge in [-0.05, 0) is 19.8 Å². The molecule has 0 bridgehead atoms. The van der Waals surface area contributed by atoms with Crippen LogP contribution in [-0.4, -0.2) is 40.7 Å². The molecule has 1 aliphatic heterocycles. The molecule has 1 fully saturated rings. The highest BCUT2D eigenvalue weighted by Gasteiger charge is 2.26. The Hall–Kier alpha value is -1.69. The molecule has 0 aromatic carbocycles. The van der Waals surface area contributed by atoms with Gasteiger partial charge in [0.1, 0.15) is 0 Å². The summed E-state index contributed by atoms with van der Waals surface area (Å²) < 4.78 is 5.04. The van der Waals surface area contributed by atoms with Crippen molar-refractivity contribution in [1.29, 1.82) is 0 Å². The van der Waals surface area contributed by atoms with Gasteiger partial charge in [-0.1, -0.05) is 0 Å². The summed E-state index contributed by atoms with van der Waals surface area (Å²) in [5.41, 5.74) is 0.699. The number of rotatable bonds is 4. The summed E-state index contributed by atoms with van der Waals surface area (Å²) in [6.45, 7) is 3.71. The Kier molecular flexibility index (Phi) is 4.68. The predicted molar refractivity (Wildman–Crippen MR) is 69.5 cm³/mol. The first-order chi connectivity index (χ1) is 9.24. The molecule has 0 spiro atoms. The zero-order chi connectivity index (χ0) is 13.7. The number of hydrogen-bond donors (Lipinski definition) is 1. The molecule has 1 saturated heterocycles. The molecule has 1 aliphatic rings. The van der Waals surface area contributed by atoms with Crippen LogP contribution < -0.4 is 4.90 Å². The van der Waals surface area contributed by atoms with Gasteiger partial charge in [-0.15, -0.1) is 0 Å². The van der Waals surface area contributed by atoms with E-state index in [2.05, 4.69) is 14.9 Å². The van der Waals surface area contributed by atoms with Gasteiger partial charge in [0.15, 0.2) is 0 Å². The van der Waals surface area contributed by atoms with E-state index in [9.17, 15) is 4.79 Å². The van der Waals surface area contributed by atoms with Crippen molar-refractivity contribution in [3.05, 3.63) is 18.0 Å². The van der Waals surface area contributed by atoms with Gasteiger partial charge in [0.2, 0.25) is 5.95 Å². The summed E-state index contributed by atoms with van der Waals surface area (Å²) in [5, 5.41) is 8.94. The number of esters is 1. The fourth-order valence-electron chi connectivity index (χ4n) is 2.17. The Morgan fingerprint density at radius 3 is 2.58 bits per heavy atom. The number of carbonyl (C=O) groups excluding carboxylic acids is 1. The lowest BCUT2D eigenvalue weighted by Gasteiger charge is -2.30. The van der Waals surface area contributed by atoms with Crippen molar-refractivity contribution >= 4 is 11.9 Å². The topological polar surface area (TPSA) is 75.5 Å². The zero-order valence-electron chi connectivity index (χ0n) is 11.1. The van der Waals surface area contributed by atoms with Gasteiger partial charge in [0.25, 0.3) is 0 Å². The Morgan fingerprint density at radius 2 is 2.05 bits per heavy atom. The third-order valence-electron chi connectivity index (χ3n) is 3.27. The molecule has 0 amide bonds. The average molecular weight is 265 g/mol. The number of piperidine rings is 1. The monoisotopic (exact) mass is 265 g/mol. The van der Waals surface area contributed by atoms with Crippen LogP contribution in [0.15, 0.2) is 12.4 Å². The Morgan fingerprint density at radius 1 is 1.42 bits per heavy atom. The first-order valence-corrected chi connectivity index (χ1v) is 6.58. The molecule has 6 heteroatoms. The highest BCUT2D eigenvalue weighted by atomic mass is 16.5. The van der Waals surface area contributed by atoms with Crippen molar-refractivity contribution in [1.82, 2.24) is 9.97 Å². The minimum atomic E-state index is -0.0984. The smallest absolute Gasteiger partial charge is 0.309 e. The predicted octanol–water partition coefficient (Wildman–Crippen LogP) is 0.748. The molecule has 1 aromatic rings. The summed E-state index contributed by atoms with van der Waals surface area (Å²) in [7, 11) is 0. The van der Waals surface area contributed by atoms with Gasteiger partial charge in [0, 0.05) is 31.0 Å². The summed E-state index contributed by atoms with van der Waals surface area (Å²) in [6, 6.07) is 0. The standard InChI is InChI=1S/C13H19N3O3/c1-2-19-12(18)11-3-5-16(6-4-11)13-14-7-10(9-17)8-15-13/h7-8,11,17H,2-6,9H2,1H3. The van der Waals surface area contributed by atoms with E-state index in [0.29, 0.717) is 18.1 Å². The quantitative estimate of drug-likeness (QED) is 0.810. The van der Waals surface area contributed by atoms with Crippen LogP contribution in [0.3, 0.4) is 0 Å². The van der Waals surface area contributed by atoms with Crippen molar-refractivity contribution in [2.45, 2.75) is 26.4 Å². The molecule has 0 saturated carbocycles. The molecule has 6 nitrogen and oxygen atoms in total. The number of aliphatic hydroxyl groups excluding tert-OH is 1. The third-order valence-corrected chi connectivity index (χ3v) is 3.27. The second kappa shape index (κ2) is 6.47. The Balaban J connectivity index is 1.90. The van der Waals surface area contributed by atoms with E-state index in [-0.39, 0.29) is 18.5 Å². The number of hydrogen-bond acceptors (Lipinski definition) is 6. The van der Waals surface area contributed by atoms with Crippen molar-refractivity contribution in [3.8, 4) is 0 Å².